The molecule has 0 spiro atoms. The summed E-state index contributed by atoms with van der Waals surface area (Å²) in [5, 5.41) is 12.5. The van der Waals surface area contributed by atoms with Crippen molar-refractivity contribution in [3.05, 3.63) is 76.6 Å². The molecule has 3 aromatic rings. The minimum Gasteiger partial charge on any atom is -0.345 e. The number of carbonyl (C=O) groups is 1. The van der Waals surface area contributed by atoms with Crippen LogP contribution in [0.1, 0.15) is 34.6 Å². The van der Waals surface area contributed by atoms with Crippen LogP contribution in [0.2, 0.25) is 5.15 Å². The van der Waals surface area contributed by atoms with Gasteiger partial charge in [-0.15, -0.1) is 0 Å². The molecule has 0 unspecified atom stereocenters. The highest BCUT2D eigenvalue weighted by atomic mass is 35.5. The first-order chi connectivity index (χ1) is 13.2. The lowest BCUT2D eigenvalue weighted by molar-refractivity contribution is 0.0939. The quantitative estimate of drug-likeness (QED) is 0.664. The lowest BCUT2D eigenvalue weighted by atomic mass is 10.1. The molecule has 0 saturated carbocycles. The maximum absolute atomic E-state index is 12.8. The van der Waals surface area contributed by atoms with Gasteiger partial charge in [-0.2, -0.15) is 5.10 Å². The lowest BCUT2D eigenvalue weighted by Crippen LogP contribution is -2.27. The molecule has 0 saturated heterocycles. The summed E-state index contributed by atoms with van der Waals surface area (Å²) in [5.41, 5.74) is 2.27. The Morgan fingerprint density at radius 2 is 1.75 bits per heavy atom. The Morgan fingerprint density at radius 1 is 1.14 bits per heavy atom. The molecule has 28 heavy (non-hydrogen) atoms. The summed E-state index contributed by atoms with van der Waals surface area (Å²) in [6, 6.07) is 14.9. The monoisotopic (exact) mass is 418 g/mol. The van der Waals surface area contributed by atoms with Crippen LogP contribution >= 0.6 is 11.6 Å². The third-order valence-electron chi connectivity index (χ3n) is 4.29. The number of para-hydroxylation sites is 1. The van der Waals surface area contributed by atoms with Crippen molar-refractivity contribution in [2.24, 2.45) is 5.14 Å². The average Bonchev–Trinajstić information content (AvgIpc) is 2.96. The largest absolute Gasteiger partial charge is 0.345 e. The Labute approximate surface area is 168 Å². The number of aromatic nitrogens is 2. The zero-order valence-corrected chi connectivity index (χ0v) is 16.8. The van der Waals surface area contributed by atoms with Gasteiger partial charge in [-0.05, 0) is 43.7 Å². The van der Waals surface area contributed by atoms with Crippen molar-refractivity contribution in [2.75, 3.05) is 0 Å². The smallest absolute Gasteiger partial charge is 0.256 e. The number of benzene rings is 2. The fourth-order valence-electron chi connectivity index (χ4n) is 2.80. The normalized spacial score (nSPS) is 12.6. The van der Waals surface area contributed by atoms with E-state index >= 15 is 0 Å². The average molecular weight is 419 g/mol. The van der Waals surface area contributed by atoms with E-state index in [0.717, 1.165) is 11.3 Å². The molecule has 0 aliphatic carbocycles. The lowest BCUT2D eigenvalue weighted by Gasteiger charge is -2.15. The number of primary sulfonamides is 1. The van der Waals surface area contributed by atoms with E-state index < -0.39 is 10.0 Å². The molecule has 9 heteroatoms. The van der Waals surface area contributed by atoms with E-state index in [1.807, 2.05) is 30.3 Å². The highest BCUT2D eigenvalue weighted by molar-refractivity contribution is 7.89. The van der Waals surface area contributed by atoms with Gasteiger partial charge in [0.1, 0.15) is 5.15 Å². The maximum Gasteiger partial charge on any atom is 0.256 e. The van der Waals surface area contributed by atoms with Crippen molar-refractivity contribution in [1.82, 2.24) is 15.1 Å². The van der Waals surface area contributed by atoms with Crippen molar-refractivity contribution < 1.29 is 13.2 Å². The number of rotatable bonds is 5. The standard InChI is InChI=1S/C19H19ClN4O3S/c1-12(14-8-10-16(11-9-14)28(21,26)27)22-19(25)17-13(2)23-24(18(17)20)15-6-4-3-5-7-15/h3-12H,1-2H3,(H,22,25)(H2,21,26,27)/t12-/m1/s1. The molecule has 1 heterocycles. The van der Waals surface area contributed by atoms with Gasteiger partial charge in [0.15, 0.2) is 0 Å². The number of halogens is 1. The van der Waals surface area contributed by atoms with Crippen molar-refractivity contribution in [1.29, 1.82) is 0 Å². The van der Waals surface area contributed by atoms with Crippen LogP contribution in [0.25, 0.3) is 5.69 Å². The summed E-state index contributed by atoms with van der Waals surface area (Å²) in [6.07, 6.45) is 0. The highest BCUT2D eigenvalue weighted by Crippen LogP contribution is 2.24. The molecule has 0 fully saturated rings. The molecule has 7 nitrogen and oxygen atoms in total. The van der Waals surface area contributed by atoms with Gasteiger partial charge in [0.25, 0.3) is 5.91 Å². The number of sulfonamides is 1. The van der Waals surface area contributed by atoms with E-state index in [2.05, 4.69) is 10.4 Å². The van der Waals surface area contributed by atoms with Crippen LogP contribution in [-0.2, 0) is 10.0 Å². The van der Waals surface area contributed by atoms with Gasteiger partial charge < -0.3 is 5.32 Å². The second kappa shape index (κ2) is 7.75. The molecule has 0 aliphatic heterocycles. The minimum atomic E-state index is -3.76. The van der Waals surface area contributed by atoms with Gasteiger partial charge in [0.05, 0.1) is 27.9 Å². The van der Waals surface area contributed by atoms with Crippen LogP contribution in [0.5, 0.6) is 0 Å². The van der Waals surface area contributed by atoms with Gasteiger partial charge in [0, 0.05) is 0 Å². The molecule has 2 aromatic carbocycles. The maximum atomic E-state index is 12.8. The first kappa shape index (κ1) is 20.1. The Kier molecular flexibility index (Phi) is 5.55. The summed E-state index contributed by atoms with van der Waals surface area (Å²) < 4.78 is 24.2. The van der Waals surface area contributed by atoms with Crippen LogP contribution in [0.3, 0.4) is 0 Å². The van der Waals surface area contributed by atoms with Crippen LogP contribution in [0.15, 0.2) is 59.5 Å². The molecule has 146 valence electrons. The predicted octanol–water partition coefficient (Wildman–Crippen LogP) is 2.97. The SMILES string of the molecule is Cc1nn(-c2ccccc2)c(Cl)c1C(=O)N[C@H](C)c1ccc(S(N)(=O)=O)cc1. The van der Waals surface area contributed by atoms with Crippen LogP contribution in [0.4, 0.5) is 0 Å². The van der Waals surface area contributed by atoms with Gasteiger partial charge in [-0.1, -0.05) is 41.9 Å². The predicted molar refractivity (Wildman–Crippen MR) is 107 cm³/mol. The molecule has 0 radical (unpaired) electrons. The van der Waals surface area contributed by atoms with E-state index in [0.29, 0.717) is 11.3 Å². The summed E-state index contributed by atoms with van der Waals surface area (Å²) in [5.74, 6) is -0.368. The number of hydrogen-bond acceptors (Lipinski definition) is 4. The molecule has 0 aliphatic rings. The van der Waals surface area contributed by atoms with Crippen LogP contribution in [-0.4, -0.2) is 24.1 Å². The Bertz CT molecular complexity index is 1110. The molecule has 0 bridgehead atoms. The summed E-state index contributed by atoms with van der Waals surface area (Å²) in [7, 11) is -3.76. The topological polar surface area (TPSA) is 107 Å². The van der Waals surface area contributed by atoms with Crippen molar-refractivity contribution in [2.45, 2.75) is 24.8 Å². The second-order valence-electron chi connectivity index (χ2n) is 6.31. The van der Waals surface area contributed by atoms with Gasteiger partial charge >= 0.3 is 0 Å². The summed E-state index contributed by atoms with van der Waals surface area (Å²) >= 11 is 6.42. The van der Waals surface area contributed by atoms with E-state index in [9.17, 15) is 13.2 Å². The van der Waals surface area contributed by atoms with E-state index in [4.69, 9.17) is 16.7 Å². The summed E-state index contributed by atoms with van der Waals surface area (Å²) in [4.78, 5) is 12.8. The van der Waals surface area contributed by atoms with Crippen molar-refractivity contribution in [3.63, 3.8) is 0 Å². The molecule has 1 aromatic heterocycles. The zero-order valence-electron chi connectivity index (χ0n) is 15.3. The third kappa shape index (κ3) is 4.09. The van der Waals surface area contributed by atoms with E-state index in [-0.39, 0.29) is 22.0 Å². The van der Waals surface area contributed by atoms with Crippen LogP contribution < -0.4 is 10.5 Å². The van der Waals surface area contributed by atoms with Crippen molar-refractivity contribution >= 4 is 27.5 Å². The van der Waals surface area contributed by atoms with Gasteiger partial charge in [0.2, 0.25) is 10.0 Å². The molecular formula is C19H19ClN4O3S. The minimum absolute atomic E-state index is 0.0119. The molecule has 3 N–H and O–H groups in total. The third-order valence-corrected chi connectivity index (χ3v) is 5.57. The number of nitrogens with two attached hydrogens (primary N) is 1. The molecule has 1 atom stereocenters. The summed E-state index contributed by atoms with van der Waals surface area (Å²) in [6.45, 7) is 3.50. The van der Waals surface area contributed by atoms with Gasteiger partial charge in [-0.25, -0.2) is 18.2 Å². The van der Waals surface area contributed by atoms with Gasteiger partial charge in [-0.3, -0.25) is 4.79 Å². The first-order valence-corrected chi connectivity index (χ1v) is 10.3. The molecule has 1 amide bonds. The first-order valence-electron chi connectivity index (χ1n) is 8.42. The molecular weight excluding hydrogens is 400 g/mol. The number of hydrogen-bond donors (Lipinski definition) is 2. The fraction of sp³-hybridized carbons (Fsp3) is 0.158. The molecule has 3 rings (SSSR count). The number of nitrogens with one attached hydrogen (secondary N) is 1. The number of amides is 1. The number of nitrogens with zero attached hydrogens (tertiary/aromatic N) is 2. The van der Waals surface area contributed by atoms with E-state index in [1.54, 1.807) is 26.0 Å². The Balaban J connectivity index is 1.82. The number of aryl methyl sites for hydroxylation is 1. The second-order valence-corrected chi connectivity index (χ2v) is 8.23. The Hall–Kier alpha value is -2.68. The van der Waals surface area contributed by atoms with Crippen molar-refractivity contribution in [3.8, 4) is 5.69 Å². The zero-order chi connectivity index (χ0) is 20.5. The van der Waals surface area contributed by atoms with E-state index in [1.165, 1.54) is 16.8 Å². The Morgan fingerprint density at radius 3 is 2.32 bits per heavy atom. The van der Waals surface area contributed by atoms with Crippen LogP contribution in [0, 0.1) is 6.92 Å². The fourth-order valence-corrected chi connectivity index (χ4v) is 3.67. The highest BCUT2D eigenvalue weighted by Gasteiger charge is 2.22. The number of carbonyl (C=O) groups excluding carboxylic acids is 1.